The summed E-state index contributed by atoms with van der Waals surface area (Å²) in [6, 6.07) is 0. The topological polar surface area (TPSA) is 39.1 Å². The number of aromatic nitrogens is 2. The summed E-state index contributed by atoms with van der Waals surface area (Å²) in [4.78, 5) is 4.42. The number of methoxy groups -OCH3 is 1. The maximum absolute atomic E-state index is 4.99. The van der Waals surface area contributed by atoms with Gasteiger partial charge in [-0.3, -0.25) is 0 Å². The zero-order valence-electron chi connectivity index (χ0n) is 10.7. The van der Waals surface area contributed by atoms with Crippen LogP contribution in [0.1, 0.15) is 31.4 Å². The van der Waals surface area contributed by atoms with Crippen LogP contribution in [0.5, 0.6) is 0 Å². The number of imidazole rings is 1. The smallest absolute Gasteiger partial charge is 0.0950 e. The molecule has 0 amide bonds. The first-order valence-electron chi connectivity index (χ1n) is 6.59. The van der Waals surface area contributed by atoms with E-state index in [2.05, 4.69) is 21.1 Å². The number of hydrogen-bond donors (Lipinski definition) is 1. The second-order valence-electron chi connectivity index (χ2n) is 4.88. The normalized spacial score (nSPS) is 16.8. The van der Waals surface area contributed by atoms with Crippen LogP contribution >= 0.6 is 0 Å². The van der Waals surface area contributed by atoms with Crippen LogP contribution in [-0.2, 0) is 17.8 Å². The molecule has 0 atom stereocenters. The summed E-state index contributed by atoms with van der Waals surface area (Å²) in [6.07, 6.45) is 9.72. The molecule has 1 aromatic heterocycles. The Bertz CT molecular complexity index is 318. The number of ether oxygens (including phenoxy) is 1. The van der Waals surface area contributed by atoms with Crippen molar-refractivity contribution in [2.75, 3.05) is 20.3 Å². The molecule has 0 aromatic carbocycles. The molecular weight excluding hydrogens is 214 g/mol. The Morgan fingerprint density at radius 2 is 2.29 bits per heavy atom. The predicted molar refractivity (Wildman–Crippen MR) is 67.8 cm³/mol. The molecule has 1 aliphatic rings. The second-order valence-corrected chi connectivity index (χ2v) is 4.88. The average Bonchev–Trinajstić information content (AvgIpc) is 2.97. The molecule has 0 bridgehead atoms. The molecule has 0 radical (unpaired) electrons. The average molecular weight is 237 g/mol. The van der Waals surface area contributed by atoms with Gasteiger partial charge in [0.2, 0.25) is 0 Å². The lowest BCUT2D eigenvalue weighted by molar-refractivity contribution is 0.199. The fourth-order valence-corrected chi connectivity index (χ4v) is 2.48. The number of rotatable bonds is 7. The van der Waals surface area contributed by atoms with Crippen molar-refractivity contribution in [2.45, 2.75) is 38.8 Å². The Labute approximate surface area is 103 Å². The van der Waals surface area contributed by atoms with Crippen molar-refractivity contribution >= 4 is 0 Å². The van der Waals surface area contributed by atoms with Gasteiger partial charge in [0.15, 0.2) is 0 Å². The Morgan fingerprint density at radius 3 is 3.06 bits per heavy atom. The Kier molecular flexibility index (Phi) is 5.01. The van der Waals surface area contributed by atoms with Crippen LogP contribution in [0, 0.1) is 5.92 Å². The third-order valence-corrected chi connectivity index (χ3v) is 3.42. The van der Waals surface area contributed by atoms with Gasteiger partial charge in [0.05, 0.1) is 18.6 Å². The molecular formula is C13H23N3O. The van der Waals surface area contributed by atoms with E-state index in [1.807, 2.05) is 6.33 Å². The van der Waals surface area contributed by atoms with Crippen molar-refractivity contribution in [1.29, 1.82) is 0 Å². The molecule has 1 N–H and O–H groups in total. The van der Waals surface area contributed by atoms with Crippen LogP contribution in [0.25, 0.3) is 0 Å². The molecule has 0 aliphatic heterocycles. The molecule has 1 aromatic rings. The lowest BCUT2D eigenvalue weighted by Crippen LogP contribution is -2.18. The summed E-state index contributed by atoms with van der Waals surface area (Å²) in [5.41, 5.74) is 1.12. The predicted octanol–water partition coefficient (Wildman–Crippen LogP) is 1.81. The van der Waals surface area contributed by atoms with E-state index in [0.717, 1.165) is 37.9 Å². The third-order valence-electron chi connectivity index (χ3n) is 3.42. The van der Waals surface area contributed by atoms with Crippen LogP contribution in [-0.4, -0.2) is 29.8 Å². The zero-order chi connectivity index (χ0) is 11.9. The molecule has 1 heterocycles. The van der Waals surface area contributed by atoms with Crippen molar-refractivity contribution in [3.05, 3.63) is 18.2 Å². The van der Waals surface area contributed by atoms with Crippen LogP contribution in [0.2, 0.25) is 0 Å². The van der Waals surface area contributed by atoms with Crippen molar-refractivity contribution in [3.8, 4) is 0 Å². The highest BCUT2D eigenvalue weighted by molar-refractivity contribution is 4.96. The Balaban J connectivity index is 1.71. The highest BCUT2D eigenvalue weighted by Gasteiger charge is 2.15. The molecule has 0 unspecified atom stereocenters. The lowest BCUT2D eigenvalue weighted by atomic mass is 10.1. The van der Waals surface area contributed by atoms with Crippen molar-refractivity contribution < 1.29 is 4.74 Å². The molecule has 96 valence electrons. The van der Waals surface area contributed by atoms with E-state index in [4.69, 9.17) is 4.74 Å². The largest absolute Gasteiger partial charge is 0.383 e. The van der Waals surface area contributed by atoms with Gasteiger partial charge in [-0.1, -0.05) is 12.8 Å². The lowest BCUT2D eigenvalue weighted by Gasteiger charge is -2.08. The molecule has 4 heteroatoms. The molecule has 2 rings (SSSR count). The first-order valence-corrected chi connectivity index (χ1v) is 6.59. The minimum Gasteiger partial charge on any atom is -0.383 e. The van der Waals surface area contributed by atoms with Gasteiger partial charge in [0.1, 0.15) is 0 Å². The van der Waals surface area contributed by atoms with Crippen LogP contribution in [0.4, 0.5) is 0 Å². The number of nitrogens with one attached hydrogen (secondary N) is 1. The first kappa shape index (κ1) is 12.6. The van der Waals surface area contributed by atoms with Gasteiger partial charge in [0.25, 0.3) is 0 Å². The van der Waals surface area contributed by atoms with Crippen LogP contribution in [0.3, 0.4) is 0 Å². The molecule has 17 heavy (non-hydrogen) atoms. The summed E-state index contributed by atoms with van der Waals surface area (Å²) in [7, 11) is 1.72. The van der Waals surface area contributed by atoms with E-state index in [9.17, 15) is 0 Å². The minimum absolute atomic E-state index is 0.753. The Morgan fingerprint density at radius 1 is 1.47 bits per heavy atom. The van der Waals surface area contributed by atoms with E-state index < -0.39 is 0 Å². The molecule has 0 saturated heterocycles. The highest BCUT2D eigenvalue weighted by Crippen LogP contribution is 2.25. The maximum atomic E-state index is 4.99. The van der Waals surface area contributed by atoms with E-state index in [0.29, 0.717) is 0 Å². The van der Waals surface area contributed by atoms with E-state index >= 15 is 0 Å². The molecule has 1 aliphatic carbocycles. The van der Waals surface area contributed by atoms with E-state index in [1.165, 1.54) is 25.7 Å². The van der Waals surface area contributed by atoms with Gasteiger partial charge < -0.3 is 14.6 Å². The summed E-state index contributed by atoms with van der Waals surface area (Å²) < 4.78 is 7.22. The molecule has 1 saturated carbocycles. The quantitative estimate of drug-likeness (QED) is 0.735. The number of hydrogen-bond acceptors (Lipinski definition) is 3. The SMILES string of the molecule is COCCNCc1cn(CC2CCCC2)cn1. The van der Waals surface area contributed by atoms with Crippen LogP contribution < -0.4 is 5.32 Å². The van der Waals surface area contributed by atoms with Crippen molar-refractivity contribution in [1.82, 2.24) is 14.9 Å². The zero-order valence-corrected chi connectivity index (χ0v) is 10.7. The fourth-order valence-electron chi connectivity index (χ4n) is 2.48. The monoisotopic (exact) mass is 237 g/mol. The molecule has 1 fully saturated rings. The van der Waals surface area contributed by atoms with Crippen molar-refractivity contribution in [2.24, 2.45) is 5.92 Å². The van der Waals surface area contributed by atoms with Gasteiger partial charge in [-0.25, -0.2) is 4.98 Å². The van der Waals surface area contributed by atoms with Gasteiger partial charge in [0, 0.05) is 32.9 Å². The molecule has 0 spiro atoms. The fraction of sp³-hybridized carbons (Fsp3) is 0.769. The summed E-state index contributed by atoms with van der Waals surface area (Å²) in [5.74, 6) is 0.874. The standard InChI is InChI=1S/C13H23N3O/c1-17-7-6-14-8-13-10-16(11-15-13)9-12-4-2-3-5-12/h10-12,14H,2-9H2,1H3. The maximum Gasteiger partial charge on any atom is 0.0950 e. The van der Waals surface area contributed by atoms with Gasteiger partial charge in [-0.15, -0.1) is 0 Å². The number of nitrogens with zero attached hydrogens (tertiary/aromatic N) is 2. The third kappa shape index (κ3) is 4.13. The van der Waals surface area contributed by atoms with Crippen molar-refractivity contribution in [3.63, 3.8) is 0 Å². The van der Waals surface area contributed by atoms with E-state index in [-0.39, 0.29) is 0 Å². The summed E-state index contributed by atoms with van der Waals surface area (Å²) in [5, 5.41) is 3.31. The van der Waals surface area contributed by atoms with Gasteiger partial charge in [-0.2, -0.15) is 0 Å². The highest BCUT2D eigenvalue weighted by atomic mass is 16.5. The van der Waals surface area contributed by atoms with Gasteiger partial charge >= 0.3 is 0 Å². The van der Waals surface area contributed by atoms with E-state index in [1.54, 1.807) is 7.11 Å². The Hall–Kier alpha value is -0.870. The van der Waals surface area contributed by atoms with Crippen LogP contribution in [0.15, 0.2) is 12.5 Å². The minimum atomic E-state index is 0.753. The second kappa shape index (κ2) is 6.77. The summed E-state index contributed by atoms with van der Waals surface area (Å²) >= 11 is 0. The summed E-state index contributed by atoms with van der Waals surface area (Å²) in [6.45, 7) is 3.61. The van der Waals surface area contributed by atoms with Gasteiger partial charge in [-0.05, 0) is 18.8 Å². The molecule has 4 nitrogen and oxygen atoms in total. The first-order chi connectivity index (χ1) is 8.38.